The van der Waals surface area contributed by atoms with Crippen LogP contribution in [0.25, 0.3) is 0 Å². The Morgan fingerprint density at radius 1 is 1.31 bits per heavy atom. The fraction of sp³-hybridized carbons (Fsp3) is 0.154. The molecule has 2 aromatic rings. The highest BCUT2D eigenvalue weighted by atomic mass is 32.2. The van der Waals surface area contributed by atoms with Crippen LogP contribution in [0, 0.1) is 6.92 Å². The summed E-state index contributed by atoms with van der Waals surface area (Å²) in [6.45, 7) is 2.05. The number of aromatic amines is 1. The van der Waals surface area contributed by atoms with Crippen LogP contribution in [0.2, 0.25) is 0 Å². The van der Waals surface area contributed by atoms with Crippen molar-refractivity contribution in [1.29, 1.82) is 0 Å². The second kappa shape index (κ2) is 5.03. The molecule has 2 rings (SSSR count). The fourth-order valence-corrected chi connectivity index (χ4v) is 2.33. The van der Waals surface area contributed by atoms with Crippen LogP contribution in [0.4, 0.5) is 0 Å². The van der Waals surface area contributed by atoms with Crippen LogP contribution in [-0.2, 0) is 0 Å². The van der Waals surface area contributed by atoms with Crippen molar-refractivity contribution in [2.45, 2.75) is 11.8 Å². The number of ketones is 1. The van der Waals surface area contributed by atoms with Crippen molar-refractivity contribution in [2.24, 2.45) is 0 Å². The normalized spacial score (nSPS) is 10.3. The van der Waals surface area contributed by atoms with E-state index in [1.165, 1.54) is 5.56 Å². The van der Waals surface area contributed by atoms with Gasteiger partial charge in [0.1, 0.15) is 0 Å². The van der Waals surface area contributed by atoms with E-state index in [0.29, 0.717) is 11.4 Å². The molecule has 3 heteroatoms. The maximum absolute atomic E-state index is 11.7. The van der Waals surface area contributed by atoms with Crippen molar-refractivity contribution in [3.63, 3.8) is 0 Å². The molecule has 0 amide bonds. The predicted molar refractivity (Wildman–Crippen MR) is 67.0 cm³/mol. The second-order valence-corrected chi connectivity index (χ2v) is 4.66. The van der Waals surface area contributed by atoms with Crippen LogP contribution in [0.1, 0.15) is 16.1 Å². The third kappa shape index (κ3) is 2.76. The van der Waals surface area contributed by atoms with E-state index in [4.69, 9.17) is 0 Å². The number of H-pyrrole nitrogens is 1. The average molecular weight is 231 g/mol. The molecule has 16 heavy (non-hydrogen) atoms. The zero-order valence-electron chi connectivity index (χ0n) is 9.07. The maximum Gasteiger partial charge on any atom is 0.189 e. The average Bonchev–Trinajstić information content (AvgIpc) is 2.79. The minimum Gasteiger partial charge on any atom is -0.359 e. The number of aromatic nitrogens is 1. The van der Waals surface area contributed by atoms with Gasteiger partial charge < -0.3 is 4.98 Å². The van der Waals surface area contributed by atoms with E-state index in [1.54, 1.807) is 24.0 Å². The molecular weight excluding hydrogens is 218 g/mol. The zero-order chi connectivity index (χ0) is 11.4. The van der Waals surface area contributed by atoms with Crippen molar-refractivity contribution in [1.82, 2.24) is 4.98 Å². The first-order valence-corrected chi connectivity index (χ1v) is 6.10. The molecule has 0 unspecified atom stereocenters. The Balaban J connectivity index is 1.95. The van der Waals surface area contributed by atoms with Crippen LogP contribution in [0.5, 0.6) is 0 Å². The lowest BCUT2D eigenvalue weighted by molar-refractivity contribution is 0.101. The van der Waals surface area contributed by atoms with Crippen LogP contribution in [-0.4, -0.2) is 16.5 Å². The Kier molecular flexibility index (Phi) is 3.47. The van der Waals surface area contributed by atoms with Crippen LogP contribution < -0.4 is 0 Å². The summed E-state index contributed by atoms with van der Waals surface area (Å²) in [6.07, 6.45) is 1.77. The van der Waals surface area contributed by atoms with Crippen LogP contribution in [0.15, 0.2) is 47.5 Å². The second-order valence-electron chi connectivity index (χ2n) is 3.61. The van der Waals surface area contributed by atoms with Crippen LogP contribution >= 0.6 is 11.8 Å². The summed E-state index contributed by atoms with van der Waals surface area (Å²) in [4.78, 5) is 15.8. The van der Waals surface area contributed by atoms with Gasteiger partial charge in [0.25, 0.3) is 0 Å². The largest absolute Gasteiger partial charge is 0.359 e. The number of aryl methyl sites for hydroxylation is 1. The topological polar surface area (TPSA) is 32.9 Å². The molecule has 1 N–H and O–H groups in total. The summed E-state index contributed by atoms with van der Waals surface area (Å²) in [5, 5.41) is 0. The van der Waals surface area contributed by atoms with Gasteiger partial charge in [-0.15, -0.1) is 11.8 Å². The molecule has 1 aromatic heterocycles. The number of carbonyl (C=O) groups excluding carboxylic acids is 1. The molecule has 0 spiro atoms. The molecule has 0 radical (unpaired) electrons. The number of thioether (sulfide) groups is 1. The molecule has 0 aliphatic rings. The monoisotopic (exact) mass is 231 g/mol. The standard InChI is InChI=1S/C13H13NOS/c1-10-4-2-5-11(8-10)16-9-13(15)12-6-3-7-14-12/h2-8,14H,9H2,1H3. The molecule has 1 heterocycles. The number of benzene rings is 1. The lowest BCUT2D eigenvalue weighted by Gasteiger charge is -2.01. The number of rotatable bonds is 4. The third-order valence-electron chi connectivity index (χ3n) is 2.26. The summed E-state index contributed by atoms with van der Waals surface area (Å²) >= 11 is 1.57. The Morgan fingerprint density at radius 2 is 2.19 bits per heavy atom. The van der Waals surface area contributed by atoms with Crippen molar-refractivity contribution >= 4 is 17.5 Å². The molecular formula is C13H13NOS. The van der Waals surface area contributed by atoms with Gasteiger partial charge >= 0.3 is 0 Å². The number of hydrogen-bond donors (Lipinski definition) is 1. The quantitative estimate of drug-likeness (QED) is 0.647. The van der Waals surface area contributed by atoms with E-state index >= 15 is 0 Å². The van der Waals surface area contributed by atoms with Crippen molar-refractivity contribution in [3.05, 3.63) is 53.9 Å². The lowest BCUT2D eigenvalue weighted by atomic mass is 10.2. The van der Waals surface area contributed by atoms with Gasteiger partial charge in [0, 0.05) is 11.1 Å². The molecule has 82 valence electrons. The van der Waals surface area contributed by atoms with Gasteiger partial charge in [-0.3, -0.25) is 4.79 Å². The summed E-state index contributed by atoms with van der Waals surface area (Å²) in [5.74, 6) is 0.612. The highest BCUT2D eigenvalue weighted by Gasteiger charge is 2.06. The van der Waals surface area contributed by atoms with E-state index in [-0.39, 0.29) is 5.78 Å². The first kappa shape index (κ1) is 11.0. The molecule has 0 fully saturated rings. The summed E-state index contributed by atoms with van der Waals surface area (Å²) in [5.41, 5.74) is 1.90. The summed E-state index contributed by atoms with van der Waals surface area (Å²) in [6, 6.07) is 11.8. The van der Waals surface area contributed by atoms with Gasteiger partial charge in [0.2, 0.25) is 0 Å². The Bertz CT molecular complexity index is 476. The Morgan fingerprint density at radius 3 is 2.88 bits per heavy atom. The molecule has 0 saturated carbocycles. The molecule has 0 aliphatic heterocycles. The van der Waals surface area contributed by atoms with Gasteiger partial charge in [-0.25, -0.2) is 0 Å². The van der Waals surface area contributed by atoms with Crippen molar-refractivity contribution in [3.8, 4) is 0 Å². The smallest absolute Gasteiger partial charge is 0.189 e. The summed E-state index contributed by atoms with van der Waals surface area (Å²) in [7, 11) is 0. The predicted octanol–water partition coefficient (Wildman–Crippen LogP) is 3.30. The molecule has 0 saturated heterocycles. The van der Waals surface area contributed by atoms with Gasteiger partial charge in [0.15, 0.2) is 5.78 Å². The highest BCUT2D eigenvalue weighted by Crippen LogP contribution is 2.19. The van der Waals surface area contributed by atoms with Gasteiger partial charge in [-0.2, -0.15) is 0 Å². The minimum absolute atomic E-state index is 0.136. The van der Waals surface area contributed by atoms with Crippen molar-refractivity contribution < 1.29 is 4.79 Å². The first-order chi connectivity index (χ1) is 7.75. The van der Waals surface area contributed by atoms with Crippen molar-refractivity contribution in [2.75, 3.05) is 5.75 Å². The summed E-state index contributed by atoms with van der Waals surface area (Å²) < 4.78 is 0. The van der Waals surface area contributed by atoms with Gasteiger partial charge in [-0.1, -0.05) is 17.7 Å². The number of nitrogens with one attached hydrogen (secondary N) is 1. The van der Waals surface area contributed by atoms with E-state index in [2.05, 4.69) is 24.0 Å². The molecule has 0 aliphatic carbocycles. The zero-order valence-corrected chi connectivity index (χ0v) is 9.88. The van der Waals surface area contributed by atoms with E-state index in [1.807, 2.05) is 18.2 Å². The third-order valence-corrected chi connectivity index (χ3v) is 3.25. The number of carbonyl (C=O) groups is 1. The number of hydrogen-bond acceptors (Lipinski definition) is 2. The molecule has 0 bridgehead atoms. The SMILES string of the molecule is Cc1cccc(SCC(=O)c2ccc[nH]2)c1. The van der Waals surface area contributed by atoms with E-state index in [0.717, 1.165) is 4.90 Å². The van der Waals surface area contributed by atoms with Gasteiger partial charge in [0.05, 0.1) is 11.4 Å². The molecule has 1 aromatic carbocycles. The number of Topliss-reactive ketones (excluding diaryl/α,β-unsaturated/α-hetero) is 1. The van der Waals surface area contributed by atoms with Gasteiger partial charge in [-0.05, 0) is 31.2 Å². The Hall–Kier alpha value is -1.48. The van der Waals surface area contributed by atoms with Crippen LogP contribution in [0.3, 0.4) is 0 Å². The maximum atomic E-state index is 11.7. The highest BCUT2D eigenvalue weighted by molar-refractivity contribution is 8.00. The first-order valence-electron chi connectivity index (χ1n) is 5.12. The lowest BCUT2D eigenvalue weighted by Crippen LogP contribution is -2.02. The fourth-order valence-electron chi connectivity index (χ4n) is 1.44. The van der Waals surface area contributed by atoms with E-state index < -0.39 is 0 Å². The Labute approximate surface area is 99.1 Å². The molecule has 2 nitrogen and oxygen atoms in total. The minimum atomic E-state index is 0.136. The molecule has 0 atom stereocenters. The van der Waals surface area contributed by atoms with E-state index in [9.17, 15) is 4.79 Å².